The molecule has 0 aromatic heterocycles. The summed E-state index contributed by atoms with van der Waals surface area (Å²) in [6.45, 7) is 5.78. The third-order valence-electron chi connectivity index (χ3n) is 0.762. The summed E-state index contributed by atoms with van der Waals surface area (Å²) < 4.78 is 22.8. The predicted octanol–water partition coefficient (Wildman–Crippen LogP) is 2.04. The highest BCUT2D eigenvalue weighted by Gasteiger charge is 1.71. The second kappa shape index (κ2) is 11.6. The summed E-state index contributed by atoms with van der Waals surface area (Å²) in [5.74, 6) is 0. The fourth-order valence-electron chi connectivity index (χ4n) is 0.348. The Bertz CT molecular complexity index is 89.0. The first kappa shape index (κ1) is 12.5. The molecule has 0 aromatic rings. The van der Waals surface area contributed by atoms with Crippen LogP contribution in [0.3, 0.4) is 0 Å². The summed E-state index contributed by atoms with van der Waals surface area (Å²) in [6, 6.07) is 0. The van der Waals surface area contributed by atoms with Gasteiger partial charge in [-0.2, -0.15) is 4.21 Å². The van der Waals surface area contributed by atoms with Crippen LogP contribution in [0.5, 0.6) is 0 Å². The van der Waals surface area contributed by atoms with Gasteiger partial charge in [0.05, 0.1) is 0 Å². The highest BCUT2D eigenvalue weighted by molar-refractivity contribution is 7.73. The Hall–Kier alpha value is -0.190. The second-order valence-electron chi connectivity index (χ2n) is 1.66. The molecule has 0 saturated heterocycles. The molecule has 0 fully saturated rings. The van der Waals surface area contributed by atoms with Crippen molar-refractivity contribution >= 4 is 11.4 Å². The maximum absolute atomic E-state index is 8.67. The van der Waals surface area contributed by atoms with Crippen molar-refractivity contribution in [3.63, 3.8) is 0 Å². The van der Waals surface area contributed by atoms with Gasteiger partial charge in [-0.05, 0) is 6.42 Å². The van der Waals surface area contributed by atoms with Gasteiger partial charge in [-0.3, -0.25) is 9.11 Å². The van der Waals surface area contributed by atoms with Crippen LogP contribution in [0.2, 0.25) is 0 Å². The summed E-state index contributed by atoms with van der Waals surface area (Å²) in [5.41, 5.74) is 0. The van der Waals surface area contributed by atoms with Crippen LogP contribution in [-0.2, 0) is 11.4 Å². The Morgan fingerprint density at radius 2 is 2.00 bits per heavy atom. The lowest BCUT2D eigenvalue weighted by Crippen LogP contribution is -1.74. The fourth-order valence-corrected chi connectivity index (χ4v) is 0.348. The Morgan fingerprint density at radius 1 is 1.60 bits per heavy atom. The van der Waals surface area contributed by atoms with Crippen molar-refractivity contribution in [3.05, 3.63) is 12.7 Å². The molecule has 0 rings (SSSR count). The minimum atomic E-state index is -2.61. The average molecular weight is 166 g/mol. The van der Waals surface area contributed by atoms with Crippen molar-refractivity contribution in [3.8, 4) is 0 Å². The molecule has 0 aliphatic heterocycles. The van der Waals surface area contributed by atoms with Crippen molar-refractivity contribution in [2.24, 2.45) is 0 Å². The van der Waals surface area contributed by atoms with Crippen LogP contribution in [0.25, 0.3) is 0 Å². The maximum Gasteiger partial charge on any atom is 0.299 e. The minimum Gasteiger partial charge on any atom is -0.284 e. The molecule has 3 nitrogen and oxygen atoms in total. The number of unbranched alkanes of at least 4 members (excludes halogenated alkanes) is 2. The summed E-state index contributed by atoms with van der Waals surface area (Å²) in [4.78, 5) is 0. The fraction of sp³-hybridized carbons (Fsp3) is 0.667. The molecule has 0 heterocycles. The number of hydrogen-bond acceptors (Lipinski definition) is 1. The van der Waals surface area contributed by atoms with Gasteiger partial charge in [-0.25, -0.2) is 0 Å². The van der Waals surface area contributed by atoms with Crippen molar-refractivity contribution in [2.45, 2.75) is 26.2 Å². The number of hydrogen-bond donors (Lipinski definition) is 2. The van der Waals surface area contributed by atoms with Gasteiger partial charge in [0.1, 0.15) is 0 Å². The van der Waals surface area contributed by atoms with Gasteiger partial charge in [0.2, 0.25) is 0 Å². The van der Waals surface area contributed by atoms with Gasteiger partial charge in [0.25, 0.3) is 11.4 Å². The van der Waals surface area contributed by atoms with E-state index in [-0.39, 0.29) is 0 Å². The molecule has 10 heavy (non-hydrogen) atoms. The van der Waals surface area contributed by atoms with E-state index in [0.29, 0.717) is 0 Å². The van der Waals surface area contributed by atoms with Gasteiger partial charge in [-0.15, -0.1) is 6.58 Å². The van der Waals surface area contributed by atoms with Crippen LogP contribution < -0.4 is 0 Å². The van der Waals surface area contributed by atoms with Crippen molar-refractivity contribution in [2.75, 3.05) is 0 Å². The van der Waals surface area contributed by atoms with E-state index >= 15 is 0 Å². The zero-order valence-electron chi connectivity index (χ0n) is 6.12. The third kappa shape index (κ3) is 45.9. The summed E-state index contributed by atoms with van der Waals surface area (Å²) >= 11 is -2.61. The Labute approximate surface area is 64.3 Å². The van der Waals surface area contributed by atoms with E-state index < -0.39 is 11.4 Å². The molecule has 0 aliphatic rings. The van der Waals surface area contributed by atoms with E-state index in [0.717, 1.165) is 0 Å². The molecule has 0 bridgehead atoms. The molecule has 2 N–H and O–H groups in total. The lowest BCUT2D eigenvalue weighted by molar-refractivity contribution is 0.454. The molecule has 0 saturated carbocycles. The first-order valence-corrected chi connectivity index (χ1v) is 4.12. The topological polar surface area (TPSA) is 57.5 Å². The molecule has 0 aliphatic carbocycles. The van der Waals surface area contributed by atoms with E-state index in [1.165, 1.54) is 19.3 Å². The van der Waals surface area contributed by atoms with Gasteiger partial charge in [-0.1, -0.05) is 25.8 Å². The monoisotopic (exact) mass is 166 g/mol. The lowest BCUT2D eigenvalue weighted by atomic mass is 10.3. The van der Waals surface area contributed by atoms with Crippen LogP contribution >= 0.6 is 0 Å². The Kier molecular flexibility index (Phi) is 14.5. The molecule has 0 radical (unpaired) electrons. The van der Waals surface area contributed by atoms with Crippen molar-refractivity contribution < 1.29 is 13.3 Å². The molecular formula is C6H14O3S. The van der Waals surface area contributed by atoms with E-state index in [1.807, 2.05) is 6.08 Å². The van der Waals surface area contributed by atoms with Gasteiger partial charge in [0.15, 0.2) is 0 Å². The van der Waals surface area contributed by atoms with E-state index in [9.17, 15) is 0 Å². The number of rotatable bonds is 3. The maximum atomic E-state index is 8.67. The van der Waals surface area contributed by atoms with Crippen molar-refractivity contribution in [1.29, 1.82) is 0 Å². The van der Waals surface area contributed by atoms with E-state index in [4.69, 9.17) is 13.3 Å². The number of allylic oxidation sites excluding steroid dienone is 1. The summed E-state index contributed by atoms with van der Waals surface area (Å²) in [6.07, 6.45) is 5.72. The van der Waals surface area contributed by atoms with Gasteiger partial charge >= 0.3 is 0 Å². The first-order chi connectivity index (χ1) is 4.65. The van der Waals surface area contributed by atoms with Crippen LogP contribution in [0.15, 0.2) is 12.7 Å². The largest absolute Gasteiger partial charge is 0.299 e. The van der Waals surface area contributed by atoms with Crippen LogP contribution in [0, 0.1) is 0 Å². The van der Waals surface area contributed by atoms with Crippen LogP contribution in [-0.4, -0.2) is 13.3 Å². The normalized spacial score (nSPS) is 8.40. The van der Waals surface area contributed by atoms with E-state index in [1.54, 1.807) is 0 Å². The SMILES string of the molecule is C=CCCCC.O=S(O)O. The van der Waals surface area contributed by atoms with Crippen LogP contribution in [0.1, 0.15) is 26.2 Å². The summed E-state index contributed by atoms with van der Waals surface area (Å²) in [5, 5.41) is 0. The van der Waals surface area contributed by atoms with Crippen molar-refractivity contribution in [1.82, 2.24) is 0 Å². The minimum absolute atomic E-state index is 1.18. The zero-order chi connectivity index (χ0) is 8.41. The van der Waals surface area contributed by atoms with Gasteiger partial charge in [0, 0.05) is 0 Å². The molecule has 0 atom stereocenters. The van der Waals surface area contributed by atoms with E-state index in [2.05, 4.69) is 13.5 Å². The highest BCUT2D eigenvalue weighted by atomic mass is 32.2. The first-order valence-electron chi connectivity index (χ1n) is 3.06. The smallest absolute Gasteiger partial charge is 0.284 e. The van der Waals surface area contributed by atoms with Crippen LogP contribution in [0.4, 0.5) is 0 Å². The zero-order valence-corrected chi connectivity index (χ0v) is 6.93. The van der Waals surface area contributed by atoms with Gasteiger partial charge < -0.3 is 0 Å². The quantitative estimate of drug-likeness (QED) is 0.383. The molecule has 62 valence electrons. The molecule has 0 spiro atoms. The summed E-state index contributed by atoms with van der Waals surface area (Å²) in [7, 11) is 0. The lowest BCUT2D eigenvalue weighted by Gasteiger charge is -1.81. The third-order valence-corrected chi connectivity index (χ3v) is 0.762. The highest BCUT2D eigenvalue weighted by Crippen LogP contribution is 1.91. The predicted molar refractivity (Wildman–Crippen MR) is 43.1 cm³/mol. The second-order valence-corrected chi connectivity index (χ2v) is 2.12. The Morgan fingerprint density at radius 3 is 2.10 bits per heavy atom. The molecule has 4 heteroatoms. The molecular weight excluding hydrogens is 152 g/mol. The standard InChI is InChI=1S/C6H12.H2O3S/c1-3-5-6-4-2;1-4(2)3/h3H,1,4-6H2,2H3;(H2,1,2,3). The molecule has 0 amide bonds. The average Bonchev–Trinajstić information content (AvgIpc) is 1.82. The molecule has 0 aromatic carbocycles. The molecule has 0 unspecified atom stereocenters. The Balaban J connectivity index is 0.